The molecule has 102 valence electrons. The largest absolute Gasteiger partial charge is 0.395 e. The fourth-order valence-electron chi connectivity index (χ4n) is 1.88. The Morgan fingerprint density at radius 2 is 1.47 bits per heavy atom. The first kappa shape index (κ1) is 16.4. The molecular weight excluding hydrogens is 214 g/mol. The highest BCUT2D eigenvalue weighted by molar-refractivity contribution is 5.75. The summed E-state index contributed by atoms with van der Waals surface area (Å²) in [5.74, 6) is 0.0713. The minimum Gasteiger partial charge on any atom is -0.395 e. The van der Waals surface area contributed by atoms with E-state index < -0.39 is 0 Å². The van der Waals surface area contributed by atoms with Gasteiger partial charge in [-0.2, -0.15) is 0 Å². The highest BCUT2D eigenvalue weighted by Crippen LogP contribution is 2.10. The van der Waals surface area contributed by atoms with Gasteiger partial charge in [0.15, 0.2) is 0 Å². The second-order valence-corrected chi connectivity index (χ2v) is 4.65. The van der Waals surface area contributed by atoms with Crippen LogP contribution in [0.5, 0.6) is 0 Å². The first-order valence-electron chi connectivity index (χ1n) is 7.18. The van der Waals surface area contributed by atoms with Gasteiger partial charge in [-0.3, -0.25) is 4.79 Å². The molecule has 2 N–H and O–H groups in total. The van der Waals surface area contributed by atoms with Crippen LogP contribution in [-0.4, -0.2) is 24.2 Å². The van der Waals surface area contributed by atoms with E-state index in [0.29, 0.717) is 13.0 Å². The minimum atomic E-state index is 0.0312. The van der Waals surface area contributed by atoms with Gasteiger partial charge in [0.05, 0.1) is 6.61 Å². The van der Waals surface area contributed by atoms with Crippen LogP contribution in [-0.2, 0) is 4.79 Å². The first-order valence-corrected chi connectivity index (χ1v) is 7.18. The van der Waals surface area contributed by atoms with Crippen LogP contribution in [0.3, 0.4) is 0 Å². The summed E-state index contributed by atoms with van der Waals surface area (Å²) in [6.45, 7) is 2.65. The molecule has 17 heavy (non-hydrogen) atoms. The van der Waals surface area contributed by atoms with Crippen molar-refractivity contribution in [1.82, 2.24) is 5.32 Å². The molecule has 0 rings (SSSR count). The second kappa shape index (κ2) is 13.5. The molecule has 0 aliphatic carbocycles. The Kier molecular flexibility index (Phi) is 13.0. The van der Waals surface area contributed by atoms with E-state index in [0.717, 1.165) is 12.8 Å². The van der Waals surface area contributed by atoms with Crippen LogP contribution in [0, 0.1) is 0 Å². The molecule has 3 heteroatoms. The van der Waals surface area contributed by atoms with Gasteiger partial charge in [0, 0.05) is 13.0 Å². The van der Waals surface area contributed by atoms with Gasteiger partial charge >= 0.3 is 0 Å². The number of unbranched alkanes of at least 4 members (excludes halogenated alkanes) is 8. The van der Waals surface area contributed by atoms with Crippen LogP contribution in [0.2, 0.25) is 0 Å². The molecule has 0 spiro atoms. The van der Waals surface area contributed by atoms with Gasteiger partial charge < -0.3 is 10.4 Å². The van der Waals surface area contributed by atoms with Crippen LogP contribution in [0.15, 0.2) is 0 Å². The van der Waals surface area contributed by atoms with E-state index in [2.05, 4.69) is 12.2 Å². The van der Waals surface area contributed by atoms with E-state index in [9.17, 15) is 4.79 Å². The van der Waals surface area contributed by atoms with Gasteiger partial charge in [-0.15, -0.1) is 0 Å². The van der Waals surface area contributed by atoms with Crippen molar-refractivity contribution < 1.29 is 9.90 Å². The molecule has 0 saturated heterocycles. The lowest BCUT2D eigenvalue weighted by Crippen LogP contribution is -2.25. The molecule has 0 aliphatic heterocycles. The quantitative estimate of drug-likeness (QED) is 0.518. The molecule has 3 nitrogen and oxygen atoms in total. The summed E-state index contributed by atoms with van der Waals surface area (Å²) in [6, 6.07) is 0. The van der Waals surface area contributed by atoms with Gasteiger partial charge in [0.25, 0.3) is 0 Å². The molecular formula is C14H29NO2. The van der Waals surface area contributed by atoms with Crippen molar-refractivity contribution in [2.45, 2.75) is 71.1 Å². The van der Waals surface area contributed by atoms with Crippen molar-refractivity contribution in [2.75, 3.05) is 13.2 Å². The highest BCUT2D eigenvalue weighted by atomic mass is 16.3. The topological polar surface area (TPSA) is 49.3 Å². The summed E-state index contributed by atoms with van der Waals surface area (Å²) in [5, 5.41) is 11.2. The van der Waals surface area contributed by atoms with E-state index in [1.807, 2.05) is 0 Å². The molecule has 0 saturated carbocycles. The lowest BCUT2D eigenvalue weighted by molar-refractivity contribution is -0.121. The van der Waals surface area contributed by atoms with E-state index in [1.165, 1.54) is 44.9 Å². The Hall–Kier alpha value is -0.570. The zero-order chi connectivity index (χ0) is 12.8. The normalized spacial score (nSPS) is 10.5. The number of carbonyl (C=O) groups is 1. The fraction of sp³-hybridized carbons (Fsp3) is 0.929. The zero-order valence-corrected chi connectivity index (χ0v) is 11.3. The number of aliphatic hydroxyl groups is 1. The average molecular weight is 243 g/mol. The van der Waals surface area contributed by atoms with Crippen molar-refractivity contribution in [3.8, 4) is 0 Å². The third-order valence-electron chi connectivity index (χ3n) is 2.94. The van der Waals surface area contributed by atoms with Gasteiger partial charge in [0.1, 0.15) is 0 Å². The third kappa shape index (κ3) is 13.4. The zero-order valence-electron chi connectivity index (χ0n) is 11.3. The first-order chi connectivity index (χ1) is 8.31. The molecule has 0 fully saturated rings. The Morgan fingerprint density at radius 1 is 0.941 bits per heavy atom. The second-order valence-electron chi connectivity index (χ2n) is 4.65. The number of amides is 1. The lowest BCUT2D eigenvalue weighted by Gasteiger charge is -2.03. The molecule has 0 heterocycles. The van der Waals surface area contributed by atoms with Crippen LogP contribution >= 0.6 is 0 Å². The summed E-state index contributed by atoms with van der Waals surface area (Å²) in [5.41, 5.74) is 0. The van der Waals surface area contributed by atoms with Crippen LogP contribution in [0.1, 0.15) is 71.1 Å². The molecule has 0 unspecified atom stereocenters. The van der Waals surface area contributed by atoms with Crippen molar-refractivity contribution in [2.24, 2.45) is 0 Å². The Bertz CT molecular complexity index is 172. The Morgan fingerprint density at radius 3 is 2.00 bits per heavy atom. The van der Waals surface area contributed by atoms with Crippen LogP contribution in [0.25, 0.3) is 0 Å². The van der Waals surface area contributed by atoms with E-state index in [4.69, 9.17) is 5.11 Å². The molecule has 0 aromatic carbocycles. The number of carbonyl (C=O) groups excluding carboxylic acids is 1. The number of hydrogen-bond acceptors (Lipinski definition) is 2. The monoisotopic (exact) mass is 243 g/mol. The maximum absolute atomic E-state index is 11.2. The number of aliphatic hydroxyl groups excluding tert-OH is 1. The summed E-state index contributed by atoms with van der Waals surface area (Å²) in [6.07, 6.45) is 12.1. The Balaban J connectivity index is 3.05. The molecule has 0 atom stereocenters. The van der Waals surface area contributed by atoms with Crippen molar-refractivity contribution in [3.05, 3.63) is 0 Å². The predicted molar refractivity (Wildman–Crippen MR) is 71.9 cm³/mol. The number of hydrogen-bond donors (Lipinski definition) is 2. The van der Waals surface area contributed by atoms with Crippen LogP contribution in [0.4, 0.5) is 0 Å². The van der Waals surface area contributed by atoms with Crippen molar-refractivity contribution in [1.29, 1.82) is 0 Å². The van der Waals surface area contributed by atoms with E-state index >= 15 is 0 Å². The lowest BCUT2D eigenvalue weighted by atomic mass is 10.1. The fourth-order valence-corrected chi connectivity index (χ4v) is 1.88. The van der Waals surface area contributed by atoms with Gasteiger partial charge in [-0.05, 0) is 6.42 Å². The maximum Gasteiger partial charge on any atom is 0.220 e. The molecule has 0 bridgehead atoms. The van der Waals surface area contributed by atoms with Gasteiger partial charge in [-0.25, -0.2) is 0 Å². The Labute approximate surface area is 106 Å². The summed E-state index contributed by atoms with van der Waals surface area (Å²) in [7, 11) is 0. The SMILES string of the molecule is CCCCCCCCCCCC(=O)NCCO. The van der Waals surface area contributed by atoms with Crippen LogP contribution < -0.4 is 5.32 Å². The third-order valence-corrected chi connectivity index (χ3v) is 2.94. The molecule has 0 aromatic heterocycles. The van der Waals surface area contributed by atoms with Crippen molar-refractivity contribution >= 4 is 5.91 Å². The number of rotatable bonds is 12. The molecule has 0 aromatic rings. The predicted octanol–water partition coefficient (Wildman–Crippen LogP) is 3.02. The van der Waals surface area contributed by atoms with Crippen molar-refractivity contribution in [3.63, 3.8) is 0 Å². The van der Waals surface area contributed by atoms with Gasteiger partial charge in [-0.1, -0.05) is 58.3 Å². The summed E-state index contributed by atoms with van der Waals surface area (Å²) in [4.78, 5) is 11.2. The smallest absolute Gasteiger partial charge is 0.220 e. The van der Waals surface area contributed by atoms with E-state index in [1.54, 1.807) is 0 Å². The maximum atomic E-state index is 11.2. The number of nitrogens with one attached hydrogen (secondary N) is 1. The molecule has 1 amide bonds. The minimum absolute atomic E-state index is 0.0312. The standard InChI is InChI=1S/C14H29NO2/c1-2-3-4-5-6-7-8-9-10-11-14(17)15-12-13-16/h16H,2-13H2,1H3,(H,15,17). The average Bonchev–Trinajstić information content (AvgIpc) is 2.34. The van der Waals surface area contributed by atoms with Gasteiger partial charge in [0.2, 0.25) is 5.91 Å². The summed E-state index contributed by atoms with van der Waals surface area (Å²) < 4.78 is 0. The molecule has 0 radical (unpaired) electrons. The highest BCUT2D eigenvalue weighted by Gasteiger charge is 1.99. The summed E-state index contributed by atoms with van der Waals surface area (Å²) >= 11 is 0. The molecule has 0 aliphatic rings. The van der Waals surface area contributed by atoms with E-state index in [-0.39, 0.29) is 12.5 Å².